The van der Waals surface area contributed by atoms with Gasteiger partial charge in [0.05, 0.1) is 11.7 Å². The minimum absolute atomic E-state index is 0.266. The van der Waals surface area contributed by atoms with Crippen LogP contribution < -0.4 is 5.32 Å². The second kappa shape index (κ2) is 6.16. The van der Waals surface area contributed by atoms with Gasteiger partial charge in [0.25, 0.3) is 0 Å². The van der Waals surface area contributed by atoms with Crippen LogP contribution in [-0.4, -0.2) is 16.3 Å². The standard InChI is InChI=1S/C14H21N3S/c1-4-9-15-14(12-8-10-16-17(12)3)13-7-6-11(5-2)18-13/h6-8,10,14-15H,4-5,9H2,1-3H3. The maximum Gasteiger partial charge on any atom is 0.0841 e. The predicted molar refractivity (Wildman–Crippen MR) is 77.0 cm³/mol. The van der Waals surface area contributed by atoms with Gasteiger partial charge in [-0.05, 0) is 37.6 Å². The van der Waals surface area contributed by atoms with Crippen molar-refractivity contribution in [2.75, 3.05) is 6.54 Å². The normalized spacial score (nSPS) is 12.8. The number of hydrogen-bond donors (Lipinski definition) is 1. The zero-order chi connectivity index (χ0) is 13.0. The molecule has 0 spiro atoms. The fourth-order valence-electron chi connectivity index (χ4n) is 2.05. The van der Waals surface area contributed by atoms with Gasteiger partial charge in [-0.2, -0.15) is 5.10 Å². The Labute approximate surface area is 113 Å². The third kappa shape index (κ3) is 2.82. The summed E-state index contributed by atoms with van der Waals surface area (Å²) in [5.74, 6) is 0. The van der Waals surface area contributed by atoms with E-state index < -0.39 is 0 Å². The highest BCUT2D eigenvalue weighted by atomic mass is 32.1. The molecule has 0 saturated carbocycles. The molecule has 1 atom stereocenters. The second-order valence-corrected chi connectivity index (χ2v) is 5.62. The highest BCUT2D eigenvalue weighted by molar-refractivity contribution is 7.12. The van der Waals surface area contributed by atoms with E-state index in [9.17, 15) is 0 Å². The number of hydrogen-bond acceptors (Lipinski definition) is 3. The van der Waals surface area contributed by atoms with Gasteiger partial charge < -0.3 is 5.32 Å². The Morgan fingerprint density at radius 2 is 2.17 bits per heavy atom. The maximum absolute atomic E-state index is 4.28. The molecule has 0 radical (unpaired) electrons. The molecule has 2 aromatic rings. The van der Waals surface area contributed by atoms with Crippen molar-refractivity contribution in [3.8, 4) is 0 Å². The lowest BCUT2D eigenvalue weighted by atomic mass is 10.1. The molecule has 0 aliphatic carbocycles. The number of aromatic nitrogens is 2. The monoisotopic (exact) mass is 263 g/mol. The smallest absolute Gasteiger partial charge is 0.0841 e. The zero-order valence-corrected chi connectivity index (χ0v) is 12.1. The molecule has 2 heterocycles. The first-order valence-electron chi connectivity index (χ1n) is 6.56. The summed E-state index contributed by atoms with van der Waals surface area (Å²) in [6, 6.07) is 6.84. The van der Waals surface area contributed by atoms with Gasteiger partial charge >= 0.3 is 0 Å². The van der Waals surface area contributed by atoms with Crippen molar-refractivity contribution < 1.29 is 0 Å². The van der Waals surface area contributed by atoms with E-state index in [2.05, 4.69) is 42.5 Å². The molecule has 18 heavy (non-hydrogen) atoms. The number of aryl methyl sites for hydroxylation is 2. The van der Waals surface area contributed by atoms with Crippen molar-refractivity contribution in [1.82, 2.24) is 15.1 Å². The number of nitrogens with zero attached hydrogens (tertiary/aromatic N) is 2. The van der Waals surface area contributed by atoms with Gasteiger partial charge in [0, 0.05) is 23.0 Å². The molecule has 0 aromatic carbocycles. The Morgan fingerprint density at radius 3 is 2.72 bits per heavy atom. The van der Waals surface area contributed by atoms with Gasteiger partial charge in [-0.15, -0.1) is 11.3 Å². The van der Waals surface area contributed by atoms with Crippen LogP contribution in [0.1, 0.15) is 41.8 Å². The van der Waals surface area contributed by atoms with Crippen molar-refractivity contribution in [3.05, 3.63) is 39.8 Å². The summed E-state index contributed by atoms with van der Waals surface area (Å²) in [6.07, 6.45) is 4.11. The van der Waals surface area contributed by atoms with Crippen molar-refractivity contribution >= 4 is 11.3 Å². The molecule has 3 nitrogen and oxygen atoms in total. The van der Waals surface area contributed by atoms with E-state index in [0.717, 1.165) is 19.4 Å². The average Bonchev–Trinajstić information content (AvgIpc) is 3.00. The van der Waals surface area contributed by atoms with Crippen LogP contribution in [-0.2, 0) is 13.5 Å². The van der Waals surface area contributed by atoms with Crippen molar-refractivity contribution in [2.24, 2.45) is 7.05 Å². The molecular weight excluding hydrogens is 242 g/mol. The summed E-state index contributed by atoms with van der Waals surface area (Å²) in [6.45, 7) is 5.42. The fourth-order valence-corrected chi connectivity index (χ4v) is 3.09. The molecule has 0 fully saturated rings. The number of nitrogens with one attached hydrogen (secondary N) is 1. The fraction of sp³-hybridized carbons (Fsp3) is 0.500. The predicted octanol–water partition coefficient (Wildman–Crippen LogP) is 3.13. The van der Waals surface area contributed by atoms with E-state index in [-0.39, 0.29) is 6.04 Å². The third-order valence-corrected chi connectivity index (χ3v) is 4.36. The van der Waals surface area contributed by atoms with E-state index in [1.165, 1.54) is 15.4 Å². The molecule has 2 rings (SSSR count). The molecule has 4 heteroatoms. The maximum atomic E-state index is 4.28. The van der Waals surface area contributed by atoms with E-state index in [1.807, 2.05) is 29.3 Å². The number of rotatable bonds is 6. The Kier molecular flexibility index (Phi) is 4.55. The van der Waals surface area contributed by atoms with E-state index in [1.54, 1.807) is 0 Å². The topological polar surface area (TPSA) is 29.9 Å². The molecule has 0 bridgehead atoms. The highest BCUT2D eigenvalue weighted by Gasteiger charge is 2.18. The Hall–Kier alpha value is -1.13. The van der Waals surface area contributed by atoms with Gasteiger partial charge in [-0.1, -0.05) is 13.8 Å². The van der Waals surface area contributed by atoms with Crippen LogP contribution in [0.3, 0.4) is 0 Å². The number of thiophene rings is 1. The van der Waals surface area contributed by atoms with Gasteiger partial charge in [-0.3, -0.25) is 4.68 Å². The molecule has 98 valence electrons. The molecule has 0 aliphatic heterocycles. The molecule has 0 saturated heterocycles. The van der Waals surface area contributed by atoms with Crippen LogP contribution in [0, 0.1) is 0 Å². The molecule has 0 aliphatic rings. The molecule has 2 aromatic heterocycles. The summed E-state index contributed by atoms with van der Waals surface area (Å²) in [5.41, 5.74) is 1.23. The van der Waals surface area contributed by atoms with Crippen molar-refractivity contribution in [2.45, 2.75) is 32.7 Å². The van der Waals surface area contributed by atoms with Gasteiger partial charge in [0.2, 0.25) is 0 Å². The summed E-state index contributed by atoms with van der Waals surface area (Å²) >= 11 is 1.89. The van der Waals surface area contributed by atoms with Crippen LogP contribution in [0.4, 0.5) is 0 Å². The lowest BCUT2D eigenvalue weighted by Crippen LogP contribution is -2.24. The Balaban J connectivity index is 2.27. The molecule has 1 N–H and O–H groups in total. The van der Waals surface area contributed by atoms with E-state index in [4.69, 9.17) is 0 Å². The second-order valence-electron chi connectivity index (χ2n) is 4.42. The summed E-state index contributed by atoms with van der Waals surface area (Å²) < 4.78 is 1.96. The minimum Gasteiger partial charge on any atom is -0.304 e. The molecule has 1 unspecified atom stereocenters. The lowest BCUT2D eigenvalue weighted by Gasteiger charge is -2.17. The summed E-state index contributed by atoms with van der Waals surface area (Å²) in [7, 11) is 2.00. The SMILES string of the molecule is CCCNC(c1ccc(CC)s1)c1ccnn1C. The largest absolute Gasteiger partial charge is 0.304 e. The average molecular weight is 263 g/mol. The lowest BCUT2D eigenvalue weighted by molar-refractivity contribution is 0.560. The summed E-state index contributed by atoms with van der Waals surface area (Å²) in [4.78, 5) is 2.82. The van der Waals surface area contributed by atoms with Crippen LogP contribution in [0.25, 0.3) is 0 Å². The first kappa shape index (κ1) is 13.3. The Morgan fingerprint density at radius 1 is 1.33 bits per heavy atom. The minimum atomic E-state index is 0.266. The highest BCUT2D eigenvalue weighted by Crippen LogP contribution is 2.28. The van der Waals surface area contributed by atoms with Crippen molar-refractivity contribution in [1.29, 1.82) is 0 Å². The van der Waals surface area contributed by atoms with Crippen LogP contribution in [0.15, 0.2) is 24.4 Å². The van der Waals surface area contributed by atoms with Gasteiger partial charge in [-0.25, -0.2) is 0 Å². The van der Waals surface area contributed by atoms with E-state index >= 15 is 0 Å². The van der Waals surface area contributed by atoms with Crippen LogP contribution >= 0.6 is 11.3 Å². The first-order chi connectivity index (χ1) is 8.76. The van der Waals surface area contributed by atoms with Crippen LogP contribution in [0.2, 0.25) is 0 Å². The van der Waals surface area contributed by atoms with Gasteiger partial charge in [0.1, 0.15) is 0 Å². The van der Waals surface area contributed by atoms with Crippen molar-refractivity contribution in [3.63, 3.8) is 0 Å². The molecule has 0 amide bonds. The third-order valence-electron chi connectivity index (χ3n) is 3.07. The van der Waals surface area contributed by atoms with Crippen LogP contribution in [0.5, 0.6) is 0 Å². The molecular formula is C14H21N3S. The first-order valence-corrected chi connectivity index (χ1v) is 7.37. The summed E-state index contributed by atoms with van der Waals surface area (Å²) in [5, 5.41) is 7.90. The zero-order valence-electron chi connectivity index (χ0n) is 11.3. The van der Waals surface area contributed by atoms with Gasteiger partial charge in [0.15, 0.2) is 0 Å². The Bertz CT molecular complexity index is 487. The van der Waals surface area contributed by atoms with E-state index in [0.29, 0.717) is 0 Å². The quantitative estimate of drug-likeness (QED) is 0.867.